The zero-order valence-electron chi connectivity index (χ0n) is 16.3. The molecule has 1 heterocycles. The van der Waals surface area contributed by atoms with Crippen LogP contribution in [0.15, 0.2) is 43.0 Å². The standard InChI is InChI=1S/C20H21ClN4O4/c1-27-17-8-13(9-18(28-2)20(17)29-3)4-7-19(26)24-15-10-14(21)5-6-16(15)25-12-22-11-23-25/h5-6,8-12H,4,7H2,1-3H3,(H,24,26). The van der Waals surface area contributed by atoms with E-state index < -0.39 is 0 Å². The predicted molar refractivity (Wildman–Crippen MR) is 109 cm³/mol. The van der Waals surface area contributed by atoms with Crippen LogP contribution in [0, 0.1) is 0 Å². The Balaban J connectivity index is 1.74. The van der Waals surface area contributed by atoms with Crippen LogP contribution in [0.4, 0.5) is 5.69 Å². The summed E-state index contributed by atoms with van der Waals surface area (Å²) in [5.41, 5.74) is 2.11. The molecule has 3 aromatic rings. The molecular weight excluding hydrogens is 396 g/mol. The van der Waals surface area contributed by atoms with E-state index in [1.807, 2.05) is 12.1 Å². The molecule has 1 aromatic heterocycles. The zero-order chi connectivity index (χ0) is 20.8. The van der Waals surface area contributed by atoms with Crippen LogP contribution in [0.25, 0.3) is 5.69 Å². The van der Waals surface area contributed by atoms with Crippen molar-refractivity contribution in [1.29, 1.82) is 0 Å². The first-order valence-electron chi connectivity index (χ1n) is 8.79. The van der Waals surface area contributed by atoms with E-state index in [2.05, 4.69) is 15.4 Å². The molecule has 29 heavy (non-hydrogen) atoms. The lowest BCUT2D eigenvalue weighted by Gasteiger charge is -2.14. The molecule has 0 aliphatic heterocycles. The number of amides is 1. The number of rotatable bonds is 8. The molecule has 0 aliphatic carbocycles. The normalized spacial score (nSPS) is 10.5. The van der Waals surface area contributed by atoms with Gasteiger partial charge in [0.15, 0.2) is 11.5 Å². The maximum atomic E-state index is 12.6. The Morgan fingerprint density at radius 1 is 1.10 bits per heavy atom. The predicted octanol–water partition coefficient (Wildman–Crippen LogP) is 3.52. The van der Waals surface area contributed by atoms with Crippen molar-refractivity contribution < 1.29 is 19.0 Å². The van der Waals surface area contributed by atoms with E-state index in [0.29, 0.717) is 40.1 Å². The third kappa shape index (κ3) is 4.78. The number of aromatic nitrogens is 3. The van der Waals surface area contributed by atoms with Gasteiger partial charge in [0.1, 0.15) is 12.7 Å². The summed E-state index contributed by atoms with van der Waals surface area (Å²) in [6.07, 6.45) is 3.71. The number of carbonyl (C=O) groups excluding carboxylic acids is 1. The number of aryl methyl sites for hydroxylation is 1. The second-order valence-corrected chi connectivity index (χ2v) is 6.52. The number of methoxy groups -OCH3 is 3. The molecule has 9 heteroatoms. The molecule has 0 bridgehead atoms. The molecular formula is C20H21ClN4O4. The van der Waals surface area contributed by atoms with Crippen LogP contribution in [0.2, 0.25) is 5.02 Å². The first kappa shape index (κ1) is 20.5. The van der Waals surface area contributed by atoms with Gasteiger partial charge in [-0.2, -0.15) is 5.10 Å². The lowest BCUT2D eigenvalue weighted by molar-refractivity contribution is -0.116. The minimum absolute atomic E-state index is 0.164. The van der Waals surface area contributed by atoms with E-state index in [4.69, 9.17) is 25.8 Å². The van der Waals surface area contributed by atoms with E-state index in [0.717, 1.165) is 5.56 Å². The molecule has 0 aliphatic rings. The largest absolute Gasteiger partial charge is 0.493 e. The van der Waals surface area contributed by atoms with Crippen molar-refractivity contribution in [2.45, 2.75) is 12.8 Å². The number of halogens is 1. The molecule has 3 rings (SSSR count). The van der Waals surface area contributed by atoms with Gasteiger partial charge in [0, 0.05) is 11.4 Å². The maximum Gasteiger partial charge on any atom is 0.224 e. The van der Waals surface area contributed by atoms with E-state index in [-0.39, 0.29) is 12.3 Å². The highest BCUT2D eigenvalue weighted by Gasteiger charge is 2.15. The van der Waals surface area contributed by atoms with Crippen LogP contribution >= 0.6 is 11.6 Å². The molecule has 0 saturated carbocycles. The van der Waals surface area contributed by atoms with Gasteiger partial charge in [-0.3, -0.25) is 4.79 Å². The summed E-state index contributed by atoms with van der Waals surface area (Å²) in [5, 5.41) is 7.50. The van der Waals surface area contributed by atoms with Gasteiger partial charge in [0.05, 0.1) is 32.7 Å². The number of carbonyl (C=O) groups is 1. The summed E-state index contributed by atoms with van der Waals surface area (Å²) in [4.78, 5) is 16.5. The average Bonchev–Trinajstić information content (AvgIpc) is 3.26. The van der Waals surface area contributed by atoms with Crippen molar-refractivity contribution in [3.05, 3.63) is 53.6 Å². The minimum atomic E-state index is -0.164. The Morgan fingerprint density at radius 2 is 1.83 bits per heavy atom. The fourth-order valence-electron chi connectivity index (χ4n) is 2.89. The van der Waals surface area contributed by atoms with Gasteiger partial charge in [-0.1, -0.05) is 11.6 Å². The van der Waals surface area contributed by atoms with Crippen molar-refractivity contribution in [2.24, 2.45) is 0 Å². The van der Waals surface area contributed by atoms with Gasteiger partial charge in [-0.05, 0) is 42.3 Å². The van der Waals surface area contributed by atoms with Crippen LogP contribution in [-0.4, -0.2) is 42.0 Å². The van der Waals surface area contributed by atoms with Crippen molar-refractivity contribution in [2.75, 3.05) is 26.6 Å². The fourth-order valence-corrected chi connectivity index (χ4v) is 3.06. The lowest BCUT2D eigenvalue weighted by Crippen LogP contribution is -2.14. The fraction of sp³-hybridized carbons (Fsp3) is 0.250. The Labute approximate surface area is 173 Å². The highest BCUT2D eigenvalue weighted by molar-refractivity contribution is 6.31. The number of nitrogens with one attached hydrogen (secondary N) is 1. The molecule has 8 nitrogen and oxygen atoms in total. The topological polar surface area (TPSA) is 87.5 Å². The molecule has 1 amide bonds. The van der Waals surface area contributed by atoms with Crippen molar-refractivity contribution >= 4 is 23.2 Å². The van der Waals surface area contributed by atoms with Gasteiger partial charge in [0.25, 0.3) is 0 Å². The first-order chi connectivity index (χ1) is 14.0. The number of anilines is 1. The van der Waals surface area contributed by atoms with E-state index >= 15 is 0 Å². The summed E-state index contributed by atoms with van der Waals surface area (Å²) < 4.78 is 17.6. The summed E-state index contributed by atoms with van der Waals surface area (Å²) in [6.45, 7) is 0. The van der Waals surface area contributed by atoms with E-state index in [9.17, 15) is 4.79 Å². The third-order valence-corrected chi connectivity index (χ3v) is 4.50. The summed E-state index contributed by atoms with van der Waals surface area (Å²) in [7, 11) is 4.66. The van der Waals surface area contributed by atoms with E-state index in [1.54, 1.807) is 50.5 Å². The molecule has 0 fully saturated rings. The Bertz CT molecular complexity index is 967. The van der Waals surface area contributed by atoms with Gasteiger partial charge < -0.3 is 19.5 Å². The molecule has 0 spiro atoms. The molecule has 0 unspecified atom stereocenters. The smallest absolute Gasteiger partial charge is 0.224 e. The van der Waals surface area contributed by atoms with Crippen LogP contribution in [0.5, 0.6) is 17.2 Å². The number of hydrogen-bond acceptors (Lipinski definition) is 6. The average molecular weight is 417 g/mol. The molecule has 2 aromatic carbocycles. The summed E-state index contributed by atoms with van der Waals surface area (Å²) in [5.74, 6) is 1.44. The van der Waals surface area contributed by atoms with Crippen LogP contribution < -0.4 is 19.5 Å². The molecule has 0 atom stereocenters. The van der Waals surface area contributed by atoms with Crippen LogP contribution in [-0.2, 0) is 11.2 Å². The minimum Gasteiger partial charge on any atom is -0.493 e. The Hall–Kier alpha value is -3.26. The maximum absolute atomic E-state index is 12.6. The number of hydrogen-bond donors (Lipinski definition) is 1. The van der Waals surface area contributed by atoms with Gasteiger partial charge in [-0.15, -0.1) is 0 Å². The molecule has 0 radical (unpaired) electrons. The Morgan fingerprint density at radius 3 is 2.41 bits per heavy atom. The van der Waals surface area contributed by atoms with Gasteiger partial charge >= 0.3 is 0 Å². The highest BCUT2D eigenvalue weighted by atomic mass is 35.5. The number of ether oxygens (including phenoxy) is 3. The first-order valence-corrected chi connectivity index (χ1v) is 9.16. The molecule has 1 N–H and O–H groups in total. The third-order valence-electron chi connectivity index (χ3n) is 4.26. The van der Waals surface area contributed by atoms with Gasteiger partial charge in [-0.25, -0.2) is 9.67 Å². The van der Waals surface area contributed by atoms with Crippen LogP contribution in [0.1, 0.15) is 12.0 Å². The van der Waals surface area contributed by atoms with Crippen molar-refractivity contribution in [3.8, 4) is 22.9 Å². The number of nitrogens with zero attached hydrogens (tertiary/aromatic N) is 3. The van der Waals surface area contributed by atoms with Crippen molar-refractivity contribution in [3.63, 3.8) is 0 Å². The number of benzene rings is 2. The quantitative estimate of drug-likeness (QED) is 0.604. The second-order valence-electron chi connectivity index (χ2n) is 6.08. The lowest BCUT2D eigenvalue weighted by atomic mass is 10.1. The SMILES string of the molecule is COc1cc(CCC(=O)Nc2cc(Cl)ccc2-n2cncn2)cc(OC)c1OC. The Kier molecular flexibility index (Phi) is 6.56. The zero-order valence-corrected chi connectivity index (χ0v) is 17.1. The highest BCUT2D eigenvalue weighted by Crippen LogP contribution is 2.38. The van der Waals surface area contributed by atoms with Crippen LogP contribution in [0.3, 0.4) is 0 Å². The summed E-state index contributed by atoms with van der Waals surface area (Å²) >= 11 is 6.09. The second kappa shape index (κ2) is 9.29. The molecule has 0 saturated heterocycles. The van der Waals surface area contributed by atoms with E-state index in [1.165, 1.54) is 6.33 Å². The van der Waals surface area contributed by atoms with Crippen molar-refractivity contribution in [1.82, 2.24) is 14.8 Å². The summed E-state index contributed by atoms with van der Waals surface area (Å²) in [6, 6.07) is 8.83. The molecule has 152 valence electrons. The monoisotopic (exact) mass is 416 g/mol. The van der Waals surface area contributed by atoms with Gasteiger partial charge in [0.2, 0.25) is 11.7 Å².